The summed E-state index contributed by atoms with van der Waals surface area (Å²) >= 11 is 3.38. The number of rotatable bonds is 2. The normalized spacial score (nSPS) is 16.4. The zero-order chi connectivity index (χ0) is 13.9. The van der Waals surface area contributed by atoms with Crippen molar-refractivity contribution in [2.75, 3.05) is 13.1 Å². The van der Waals surface area contributed by atoms with Gasteiger partial charge in [-0.2, -0.15) is 15.0 Å². The second-order valence-corrected chi connectivity index (χ2v) is 5.80. The molecular weight excluding hydrogens is 320 g/mol. The second kappa shape index (κ2) is 5.75. The van der Waals surface area contributed by atoms with Crippen LogP contribution in [0.15, 0.2) is 41.1 Å². The van der Waals surface area contributed by atoms with Gasteiger partial charge >= 0.3 is 0 Å². The molecule has 1 aromatic carbocycles. The van der Waals surface area contributed by atoms with Gasteiger partial charge in [0.25, 0.3) is 5.91 Å². The lowest BCUT2D eigenvalue weighted by Crippen LogP contribution is -2.39. The topological polar surface area (TPSA) is 51.0 Å². The van der Waals surface area contributed by atoms with Crippen molar-refractivity contribution < 1.29 is 4.79 Å². The van der Waals surface area contributed by atoms with Crippen LogP contribution in [-0.4, -0.2) is 38.9 Å². The molecule has 0 atom stereocenters. The van der Waals surface area contributed by atoms with E-state index in [9.17, 15) is 4.79 Å². The second-order valence-electron chi connectivity index (χ2n) is 4.88. The van der Waals surface area contributed by atoms with Gasteiger partial charge in [0.1, 0.15) is 0 Å². The predicted molar refractivity (Wildman–Crippen MR) is 78.3 cm³/mol. The van der Waals surface area contributed by atoms with Crippen LogP contribution in [-0.2, 0) is 0 Å². The van der Waals surface area contributed by atoms with Gasteiger partial charge in [0.2, 0.25) is 0 Å². The summed E-state index contributed by atoms with van der Waals surface area (Å²) in [6.07, 6.45) is 5.19. The number of hydrogen-bond donors (Lipinski definition) is 0. The number of piperidine rings is 1. The Hall–Kier alpha value is -1.69. The molecule has 1 aliphatic heterocycles. The molecule has 1 amide bonds. The smallest absolute Gasteiger partial charge is 0.253 e. The first-order chi connectivity index (χ1) is 9.74. The summed E-state index contributed by atoms with van der Waals surface area (Å²) in [5.41, 5.74) is 0.740. The van der Waals surface area contributed by atoms with Crippen LogP contribution >= 0.6 is 15.9 Å². The highest BCUT2D eigenvalue weighted by Crippen LogP contribution is 2.22. The number of likely N-dealkylation sites (tertiary alicyclic amines) is 1. The Morgan fingerprint density at radius 2 is 1.70 bits per heavy atom. The van der Waals surface area contributed by atoms with Crippen molar-refractivity contribution in [1.82, 2.24) is 19.9 Å². The van der Waals surface area contributed by atoms with E-state index < -0.39 is 0 Å². The van der Waals surface area contributed by atoms with E-state index in [-0.39, 0.29) is 5.91 Å². The maximum Gasteiger partial charge on any atom is 0.253 e. The molecule has 1 aromatic heterocycles. The van der Waals surface area contributed by atoms with E-state index >= 15 is 0 Å². The van der Waals surface area contributed by atoms with Crippen LogP contribution in [0.3, 0.4) is 0 Å². The Morgan fingerprint density at radius 1 is 1.10 bits per heavy atom. The van der Waals surface area contributed by atoms with Gasteiger partial charge in [0.15, 0.2) is 0 Å². The Morgan fingerprint density at radius 3 is 2.30 bits per heavy atom. The first kappa shape index (κ1) is 13.3. The van der Waals surface area contributed by atoms with E-state index in [4.69, 9.17) is 0 Å². The number of halogens is 1. The number of amides is 1. The van der Waals surface area contributed by atoms with Crippen molar-refractivity contribution in [1.29, 1.82) is 0 Å². The third kappa shape index (κ3) is 2.75. The van der Waals surface area contributed by atoms with Crippen LogP contribution in [0.4, 0.5) is 0 Å². The number of hydrogen-bond acceptors (Lipinski definition) is 3. The molecule has 1 aliphatic rings. The quantitative estimate of drug-likeness (QED) is 0.847. The summed E-state index contributed by atoms with van der Waals surface area (Å²) in [6.45, 7) is 1.50. The van der Waals surface area contributed by atoms with E-state index in [1.165, 1.54) is 0 Å². The van der Waals surface area contributed by atoms with Crippen LogP contribution in [0.25, 0.3) is 0 Å². The number of nitrogens with zero attached hydrogens (tertiary/aromatic N) is 4. The van der Waals surface area contributed by atoms with Crippen LogP contribution in [0.2, 0.25) is 0 Å². The molecule has 20 heavy (non-hydrogen) atoms. The van der Waals surface area contributed by atoms with Gasteiger partial charge in [-0.15, -0.1) is 0 Å². The SMILES string of the molecule is O=C(c1ccc(Br)cc1)N1CCC(n2nccn2)CC1. The molecule has 0 aliphatic carbocycles. The monoisotopic (exact) mass is 334 g/mol. The van der Waals surface area contributed by atoms with Crippen molar-refractivity contribution >= 4 is 21.8 Å². The highest BCUT2D eigenvalue weighted by molar-refractivity contribution is 9.10. The average molecular weight is 335 g/mol. The number of benzene rings is 1. The molecule has 1 saturated heterocycles. The zero-order valence-corrected chi connectivity index (χ0v) is 12.5. The Balaban J connectivity index is 1.63. The summed E-state index contributed by atoms with van der Waals surface area (Å²) in [7, 11) is 0. The third-order valence-electron chi connectivity index (χ3n) is 3.61. The fraction of sp³-hybridized carbons (Fsp3) is 0.357. The largest absolute Gasteiger partial charge is 0.338 e. The molecule has 6 heteroatoms. The molecule has 104 valence electrons. The summed E-state index contributed by atoms with van der Waals surface area (Å²) in [4.78, 5) is 16.0. The van der Waals surface area contributed by atoms with Crippen LogP contribution in [0.5, 0.6) is 0 Å². The van der Waals surface area contributed by atoms with Gasteiger partial charge in [-0.3, -0.25) is 4.79 Å². The molecule has 5 nitrogen and oxygen atoms in total. The van der Waals surface area contributed by atoms with Crippen LogP contribution in [0, 0.1) is 0 Å². The average Bonchev–Trinajstić information content (AvgIpc) is 3.02. The predicted octanol–water partition coefficient (Wildman–Crippen LogP) is 2.52. The molecule has 0 saturated carbocycles. The van der Waals surface area contributed by atoms with Crippen molar-refractivity contribution in [2.24, 2.45) is 0 Å². The number of carbonyl (C=O) groups is 1. The fourth-order valence-corrected chi connectivity index (χ4v) is 2.75. The third-order valence-corrected chi connectivity index (χ3v) is 4.13. The van der Waals surface area contributed by atoms with Gasteiger partial charge in [-0.1, -0.05) is 15.9 Å². The maximum absolute atomic E-state index is 12.4. The molecule has 0 N–H and O–H groups in total. The van der Waals surface area contributed by atoms with E-state index in [1.807, 2.05) is 29.2 Å². The first-order valence-corrected chi connectivity index (χ1v) is 7.44. The van der Waals surface area contributed by atoms with Crippen molar-refractivity contribution in [3.05, 3.63) is 46.7 Å². The maximum atomic E-state index is 12.4. The van der Waals surface area contributed by atoms with Gasteiger partial charge in [-0.05, 0) is 37.1 Å². The van der Waals surface area contributed by atoms with Crippen molar-refractivity contribution in [2.45, 2.75) is 18.9 Å². The lowest BCUT2D eigenvalue weighted by Gasteiger charge is -2.31. The molecule has 3 rings (SSSR count). The molecule has 2 heterocycles. The van der Waals surface area contributed by atoms with Gasteiger partial charge in [0, 0.05) is 23.1 Å². The highest BCUT2D eigenvalue weighted by atomic mass is 79.9. The van der Waals surface area contributed by atoms with Crippen LogP contribution in [0.1, 0.15) is 29.2 Å². The molecule has 0 unspecified atom stereocenters. The van der Waals surface area contributed by atoms with Gasteiger partial charge in [0.05, 0.1) is 18.4 Å². The van der Waals surface area contributed by atoms with E-state index in [0.717, 1.165) is 36.0 Å². The molecule has 0 bridgehead atoms. The number of aromatic nitrogens is 3. The number of carbonyl (C=O) groups excluding carboxylic acids is 1. The molecule has 0 radical (unpaired) electrons. The molecule has 0 spiro atoms. The van der Waals surface area contributed by atoms with Crippen LogP contribution < -0.4 is 0 Å². The van der Waals surface area contributed by atoms with Gasteiger partial charge < -0.3 is 4.90 Å². The summed E-state index contributed by atoms with van der Waals surface area (Å²) in [5, 5.41) is 8.35. The van der Waals surface area contributed by atoms with E-state index in [0.29, 0.717) is 6.04 Å². The minimum absolute atomic E-state index is 0.101. The minimum atomic E-state index is 0.101. The van der Waals surface area contributed by atoms with E-state index in [2.05, 4.69) is 26.1 Å². The standard InChI is InChI=1S/C14H15BrN4O/c15-12-3-1-11(2-4-12)14(20)18-9-5-13(6-10-18)19-16-7-8-17-19/h1-4,7-8,13H,5-6,9-10H2. The van der Waals surface area contributed by atoms with Crippen molar-refractivity contribution in [3.8, 4) is 0 Å². The zero-order valence-electron chi connectivity index (χ0n) is 10.9. The lowest BCUT2D eigenvalue weighted by molar-refractivity contribution is 0.0684. The Labute approximate surface area is 125 Å². The summed E-state index contributed by atoms with van der Waals surface area (Å²) < 4.78 is 0.984. The lowest BCUT2D eigenvalue weighted by atomic mass is 10.0. The molecular formula is C14H15BrN4O. The van der Waals surface area contributed by atoms with Gasteiger partial charge in [-0.25, -0.2) is 0 Å². The minimum Gasteiger partial charge on any atom is -0.338 e. The molecule has 2 aromatic rings. The summed E-state index contributed by atoms with van der Waals surface area (Å²) in [6, 6.07) is 7.81. The highest BCUT2D eigenvalue weighted by Gasteiger charge is 2.25. The fourth-order valence-electron chi connectivity index (χ4n) is 2.49. The molecule has 1 fully saturated rings. The van der Waals surface area contributed by atoms with E-state index in [1.54, 1.807) is 17.2 Å². The Bertz CT molecular complexity index is 574. The first-order valence-electron chi connectivity index (χ1n) is 6.64. The summed E-state index contributed by atoms with van der Waals surface area (Å²) in [5.74, 6) is 0.101. The van der Waals surface area contributed by atoms with Crippen molar-refractivity contribution in [3.63, 3.8) is 0 Å². The Kier molecular flexibility index (Phi) is 3.82.